The van der Waals surface area contributed by atoms with Gasteiger partial charge in [-0.3, -0.25) is 0 Å². The van der Waals surface area contributed by atoms with Crippen LogP contribution in [0, 0.1) is 0 Å². The van der Waals surface area contributed by atoms with Crippen molar-refractivity contribution in [2.24, 2.45) is 0 Å². The predicted octanol–water partition coefficient (Wildman–Crippen LogP) is 3.10. The van der Waals surface area contributed by atoms with E-state index in [1.807, 2.05) is 11.3 Å². The molecular weight excluding hydrogens is 228 g/mol. The fraction of sp³-hybridized carbons (Fsp3) is 0.714. The van der Waals surface area contributed by atoms with E-state index < -0.39 is 0 Å². The first-order chi connectivity index (χ1) is 8.34. The van der Waals surface area contributed by atoms with E-state index in [4.69, 9.17) is 0 Å². The summed E-state index contributed by atoms with van der Waals surface area (Å²) in [7, 11) is 2.22. The molecule has 1 N–H and O–H groups in total. The van der Waals surface area contributed by atoms with Crippen molar-refractivity contribution in [1.82, 2.24) is 10.2 Å². The van der Waals surface area contributed by atoms with E-state index in [-0.39, 0.29) is 0 Å². The fourth-order valence-corrected chi connectivity index (χ4v) is 3.32. The molecule has 96 valence electrons. The molecule has 1 heterocycles. The average Bonchev–Trinajstić information content (AvgIpc) is 2.96. The molecule has 1 aromatic rings. The van der Waals surface area contributed by atoms with Gasteiger partial charge in [0.1, 0.15) is 0 Å². The molecule has 1 aromatic heterocycles. The Morgan fingerprint density at radius 1 is 1.41 bits per heavy atom. The van der Waals surface area contributed by atoms with Crippen molar-refractivity contribution >= 4 is 11.3 Å². The minimum Gasteiger partial charge on any atom is -0.314 e. The molecule has 0 bridgehead atoms. The lowest BCUT2D eigenvalue weighted by Crippen LogP contribution is -2.29. The quantitative estimate of drug-likeness (QED) is 0.750. The van der Waals surface area contributed by atoms with E-state index in [0.717, 1.165) is 12.6 Å². The summed E-state index contributed by atoms with van der Waals surface area (Å²) >= 11 is 1.85. The highest BCUT2D eigenvalue weighted by Gasteiger charge is 2.13. The number of hydrogen-bond acceptors (Lipinski definition) is 3. The molecule has 1 saturated carbocycles. The molecule has 0 aromatic carbocycles. The van der Waals surface area contributed by atoms with Crippen LogP contribution in [0.1, 0.15) is 37.0 Å². The van der Waals surface area contributed by atoms with Gasteiger partial charge in [-0.2, -0.15) is 0 Å². The lowest BCUT2D eigenvalue weighted by molar-refractivity contribution is 0.319. The molecule has 0 saturated heterocycles. The van der Waals surface area contributed by atoms with Crippen molar-refractivity contribution in [2.75, 3.05) is 20.1 Å². The van der Waals surface area contributed by atoms with Crippen LogP contribution in [0.25, 0.3) is 0 Å². The summed E-state index contributed by atoms with van der Waals surface area (Å²) < 4.78 is 0. The van der Waals surface area contributed by atoms with Crippen LogP contribution in [0.2, 0.25) is 0 Å². The summed E-state index contributed by atoms with van der Waals surface area (Å²) in [6.07, 6.45) is 6.90. The normalized spacial score (nSPS) is 17.1. The Morgan fingerprint density at radius 2 is 2.24 bits per heavy atom. The largest absolute Gasteiger partial charge is 0.314 e. The van der Waals surface area contributed by atoms with Crippen LogP contribution in [0.4, 0.5) is 0 Å². The van der Waals surface area contributed by atoms with Gasteiger partial charge in [-0.1, -0.05) is 18.9 Å². The summed E-state index contributed by atoms with van der Waals surface area (Å²) in [5, 5.41) is 5.83. The van der Waals surface area contributed by atoms with Crippen molar-refractivity contribution in [1.29, 1.82) is 0 Å². The summed E-state index contributed by atoms with van der Waals surface area (Å²) in [5.41, 5.74) is 0. The highest BCUT2D eigenvalue weighted by Crippen LogP contribution is 2.17. The second-order valence-electron chi connectivity index (χ2n) is 5.11. The maximum atomic E-state index is 3.67. The van der Waals surface area contributed by atoms with Crippen molar-refractivity contribution < 1.29 is 0 Å². The summed E-state index contributed by atoms with van der Waals surface area (Å²) in [4.78, 5) is 3.89. The number of nitrogens with zero attached hydrogens (tertiary/aromatic N) is 1. The molecule has 0 atom stereocenters. The van der Waals surface area contributed by atoms with Crippen LogP contribution in [-0.2, 0) is 6.54 Å². The van der Waals surface area contributed by atoms with Gasteiger partial charge in [0, 0.05) is 17.5 Å². The Kier molecular flexibility index (Phi) is 5.49. The number of hydrogen-bond donors (Lipinski definition) is 1. The molecule has 2 rings (SSSR count). The molecule has 3 heteroatoms. The van der Waals surface area contributed by atoms with Crippen LogP contribution in [-0.4, -0.2) is 31.1 Å². The maximum Gasteiger partial charge on any atom is 0.0324 e. The number of nitrogens with one attached hydrogen (secondary N) is 1. The molecule has 0 radical (unpaired) electrons. The molecule has 0 unspecified atom stereocenters. The Labute approximate surface area is 109 Å². The molecule has 0 spiro atoms. The van der Waals surface area contributed by atoms with Crippen molar-refractivity contribution in [3.63, 3.8) is 0 Å². The SMILES string of the molecule is CN(CCCNC1CCCC1)Cc1cccs1. The smallest absolute Gasteiger partial charge is 0.0324 e. The molecule has 2 nitrogen and oxygen atoms in total. The van der Waals surface area contributed by atoms with E-state index in [9.17, 15) is 0 Å². The second-order valence-corrected chi connectivity index (χ2v) is 6.14. The summed E-state index contributed by atoms with van der Waals surface area (Å²) in [6, 6.07) is 5.17. The molecule has 1 aliphatic carbocycles. The first-order valence-electron chi connectivity index (χ1n) is 6.79. The van der Waals surface area contributed by atoms with Crippen LogP contribution >= 0.6 is 11.3 Å². The Balaban J connectivity index is 1.52. The number of thiophene rings is 1. The molecule has 17 heavy (non-hydrogen) atoms. The third-order valence-corrected chi connectivity index (χ3v) is 4.37. The Bertz CT molecular complexity index is 291. The van der Waals surface area contributed by atoms with Gasteiger partial charge in [0.15, 0.2) is 0 Å². The summed E-state index contributed by atoms with van der Waals surface area (Å²) in [5.74, 6) is 0. The fourth-order valence-electron chi connectivity index (χ4n) is 2.53. The predicted molar refractivity (Wildman–Crippen MR) is 75.5 cm³/mol. The van der Waals surface area contributed by atoms with Gasteiger partial charge in [0.05, 0.1) is 0 Å². The van der Waals surface area contributed by atoms with Crippen LogP contribution in [0.15, 0.2) is 17.5 Å². The zero-order chi connectivity index (χ0) is 11.9. The van der Waals surface area contributed by atoms with E-state index in [1.165, 1.54) is 50.1 Å². The monoisotopic (exact) mass is 252 g/mol. The second kappa shape index (κ2) is 7.14. The van der Waals surface area contributed by atoms with Gasteiger partial charge in [0.2, 0.25) is 0 Å². The average molecular weight is 252 g/mol. The number of rotatable bonds is 7. The maximum absolute atomic E-state index is 3.67. The van der Waals surface area contributed by atoms with Crippen LogP contribution < -0.4 is 5.32 Å². The molecule has 1 aliphatic rings. The van der Waals surface area contributed by atoms with E-state index in [1.54, 1.807) is 0 Å². The van der Waals surface area contributed by atoms with Gasteiger partial charge < -0.3 is 10.2 Å². The van der Waals surface area contributed by atoms with Gasteiger partial charge >= 0.3 is 0 Å². The third kappa shape index (κ3) is 4.78. The molecular formula is C14H24N2S. The Hall–Kier alpha value is -0.380. The zero-order valence-electron chi connectivity index (χ0n) is 10.8. The van der Waals surface area contributed by atoms with Crippen LogP contribution in [0.3, 0.4) is 0 Å². The van der Waals surface area contributed by atoms with E-state index >= 15 is 0 Å². The summed E-state index contributed by atoms with van der Waals surface area (Å²) in [6.45, 7) is 3.47. The first kappa shape index (κ1) is 13.1. The van der Waals surface area contributed by atoms with Crippen molar-refractivity contribution in [3.8, 4) is 0 Å². The first-order valence-corrected chi connectivity index (χ1v) is 7.67. The lowest BCUT2D eigenvalue weighted by atomic mass is 10.2. The third-order valence-electron chi connectivity index (χ3n) is 3.51. The minimum atomic E-state index is 0.817. The van der Waals surface area contributed by atoms with E-state index in [2.05, 4.69) is 34.8 Å². The topological polar surface area (TPSA) is 15.3 Å². The van der Waals surface area contributed by atoms with Gasteiger partial charge in [0.25, 0.3) is 0 Å². The van der Waals surface area contributed by atoms with Gasteiger partial charge in [-0.25, -0.2) is 0 Å². The highest BCUT2D eigenvalue weighted by atomic mass is 32.1. The Morgan fingerprint density at radius 3 is 2.94 bits per heavy atom. The van der Waals surface area contributed by atoms with Gasteiger partial charge in [-0.15, -0.1) is 11.3 Å². The van der Waals surface area contributed by atoms with Gasteiger partial charge in [-0.05, 0) is 50.8 Å². The molecule has 1 fully saturated rings. The van der Waals surface area contributed by atoms with Crippen LogP contribution in [0.5, 0.6) is 0 Å². The lowest BCUT2D eigenvalue weighted by Gasteiger charge is -2.17. The molecule has 0 aliphatic heterocycles. The van der Waals surface area contributed by atoms with E-state index in [0.29, 0.717) is 0 Å². The zero-order valence-corrected chi connectivity index (χ0v) is 11.6. The molecule has 0 amide bonds. The standard InChI is InChI=1S/C14H24N2S/c1-16(12-14-8-4-11-17-14)10-5-9-15-13-6-2-3-7-13/h4,8,11,13,15H,2-3,5-7,9-10,12H2,1H3. The van der Waals surface area contributed by atoms with Crippen molar-refractivity contribution in [3.05, 3.63) is 22.4 Å². The highest BCUT2D eigenvalue weighted by molar-refractivity contribution is 7.09. The van der Waals surface area contributed by atoms with Crippen molar-refractivity contribution in [2.45, 2.75) is 44.7 Å². The minimum absolute atomic E-state index is 0.817.